The van der Waals surface area contributed by atoms with Crippen molar-refractivity contribution in [2.24, 2.45) is 5.92 Å². The molecule has 0 aliphatic rings. The summed E-state index contributed by atoms with van der Waals surface area (Å²) in [6.45, 7) is 5.22. The van der Waals surface area contributed by atoms with Gasteiger partial charge in [-0.3, -0.25) is 9.10 Å². The van der Waals surface area contributed by atoms with Crippen molar-refractivity contribution in [3.05, 3.63) is 77.9 Å². The molecule has 0 bridgehead atoms. The molecule has 5 nitrogen and oxygen atoms in total. The topological polar surface area (TPSA) is 66.5 Å². The van der Waals surface area contributed by atoms with E-state index in [-0.39, 0.29) is 12.5 Å². The second-order valence-corrected chi connectivity index (χ2v) is 10.5. The quantitative estimate of drug-likeness (QED) is 0.391. The molecular weight excluding hydrogens is 432 g/mol. The lowest BCUT2D eigenvalue weighted by Crippen LogP contribution is -2.30. The number of hydrogen-bond acceptors (Lipinski definition) is 3. The zero-order valence-corrected chi connectivity index (χ0v) is 20.6. The Morgan fingerprint density at radius 1 is 0.970 bits per heavy atom. The van der Waals surface area contributed by atoms with E-state index in [9.17, 15) is 13.2 Å². The maximum atomic E-state index is 12.6. The van der Waals surface area contributed by atoms with Gasteiger partial charge >= 0.3 is 0 Å². The van der Waals surface area contributed by atoms with E-state index < -0.39 is 10.0 Å². The van der Waals surface area contributed by atoms with E-state index in [1.54, 1.807) is 12.1 Å². The van der Waals surface area contributed by atoms with Gasteiger partial charge in [-0.1, -0.05) is 75.6 Å². The van der Waals surface area contributed by atoms with E-state index in [4.69, 9.17) is 0 Å². The Kier molecular flexibility index (Phi) is 8.50. The number of anilines is 1. The number of amides is 1. The summed E-state index contributed by atoms with van der Waals surface area (Å²) < 4.78 is 26.5. The van der Waals surface area contributed by atoms with Gasteiger partial charge in [0.15, 0.2) is 0 Å². The van der Waals surface area contributed by atoms with E-state index in [1.807, 2.05) is 54.6 Å². The van der Waals surface area contributed by atoms with Gasteiger partial charge in [-0.25, -0.2) is 8.42 Å². The third-order valence-corrected chi connectivity index (χ3v) is 7.20. The second-order valence-electron chi connectivity index (χ2n) is 8.62. The molecule has 0 unspecified atom stereocenters. The summed E-state index contributed by atoms with van der Waals surface area (Å²) in [5, 5.41) is 5.09. The van der Waals surface area contributed by atoms with Crippen LogP contribution in [-0.4, -0.2) is 27.1 Å². The number of carbonyl (C=O) groups is 1. The summed E-state index contributed by atoms with van der Waals surface area (Å²) in [5.74, 6) is 0.407. The first kappa shape index (κ1) is 24.8. The summed E-state index contributed by atoms with van der Waals surface area (Å²) in [6, 6.07) is 20.7. The highest BCUT2D eigenvalue weighted by molar-refractivity contribution is 7.92. The van der Waals surface area contributed by atoms with Gasteiger partial charge in [0.25, 0.3) is 5.91 Å². The average Bonchev–Trinajstić information content (AvgIpc) is 2.82. The molecule has 1 amide bonds. The summed E-state index contributed by atoms with van der Waals surface area (Å²) in [5.41, 5.74) is 2.02. The molecule has 0 saturated carbocycles. The molecular formula is C27H34N2O3S. The second kappa shape index (κ2) is 11.3. The highest BCUT2D eigenvalue weighted by atomic mass is 32.2. The van der Waals surface area contributed by atoms with Gasteiger partial charge in [0.1, 0.15) is 0 Å². The normalized spacial score (nSPS) is 12.5. The van der Waals surface area contributed by atoms with E-state index in [1.165, 1.54) is 17.0 Å². The fourth-order valence-corrected chi connectivity index (χ4v) is 4.82. The lowest BCUT2D eigenvalue weighted by molar-refractivity contribution is 0.0946. The van der Waals surface area contributed by atoms with Crippen LogP contribution in [0.5, 0.6) is 0 Å². The highest BCUT2D eigenvalue weighted by Crippen LogP contribution is 2.25. The zero-order chi connectivity index (χ0) is 23.8. The smallest absolute Gasteiger partial charge is 0.251 e. The van der Waals surface area contributed by atoms with Crippen molar-refractivity contribution in [1.29, 1.82) is 0 Å². The molecule has 3 aromatic rings. The Morgan fingerprint density at radius 2 is 1.67 bits per heavy atom. The maximum Gasteiger partial charge on any atom is 0.251 e. The minimum atomic E-state index is -3.49. The standard InChI is InChI=1S/C27H34N2O3S/c1-4-6-9-21(5-2)19-28-27(30)24-14-12-22(13-15-24)20-29(33(3,31)32)26-17-16-23-10-7-8-11-25(23)18-26/h7-8,10-18,21H,4-6,9,19-20H2,1-3H3,(H,28,30)/t21-/m1/s1. The molecule has 176 valence electrons. The molecule has 0 radical (unpaired) electrons. The molecule has 33 heavy (non-hydrogen) atoms. The van der Waals surface area contributed by atoms with Gasteiger partial charge in [-0.15, -0.1) is 0 Å². The van der Waals surface area contributed by atoms with Gasteiger partial charge in [-0.2, -0.15) is 0 Å². The third-order valence-electron chi connectivity index (χ3n) is 6.06. The number of hydrogen-bond donors (Lipinski definition) is 1. The largest absolute Gasteiger partial charge is 0.352 e. The molecule has 3 aromatic carbocycles. The Morgan fingerprint density at radius 3 is 2.30 bits per heavy atom. The molecule has 0 saturated heterocycles. The minimum Gasteiger partial charge on any atom is -0.352 e. The van der Waals surface area contributed by atoms with Crippen molar-refractivity contribution in [3.8, 4) is 0 Å². The van der Waals surface area contributed by atoms with Crippen molar-refractivity contribution in [2.45, 2.75) is 46.1 Å². The summed E-state index contributed by atoms with van der Waals surface area (Å²) in [6.07, 6.45) is 5.73. The Bertz CT molecular complexity index is 1170. The molecule has 0 aromatic heterocycles. The average molecular weight is 467 g/mol. The van der Waals surface area contributed by atoms with Crippen molar-refractivity contribution >= 4 is 32.4 Å². The molecule has 0 spiro atoms. The first-order chi connectivity index (χ1) is 15.8. The Hall–Kier alpha value is -2.86. The Balaban J connectivity index is 1.71. The molecule has 0 fully saturated rings. The molecule has 0 aliphatic carbocycles. The van der Waals surface area contributed by atoms with Crippen molar-refractivity contribution < 1.29 is 13.2 Å². The fraction of sp³-hybridized carbons (Fsp3) is 0.370. The van der Waals surface area contributed by atoms with Crippen LogP contribution in [0.25, 0.3) is 10.8 Å². The number of sulfonamides is 1. The monoisotopic (exact) mass is 466 g/mol. The zero-order valence-electron chi connectivity index (χ0n) is 19.8. The minimum absolute atomic E-state index is 0.0917. The summed E-state index contributed by atoms with van der Waals surface area (Å²) >= 11 is 0. The highest BCUT2D eigenvalue weighted by Gasteiger charge is 2.19. The molecule has 6 heteroatoms. The first-order valence-electron chi connectivity index (χ1n) is 11.7. The number of fused-ring (bicyclic) bond motifs is 1. The van der Waals surface area contributed by atoms with Crippen LogP contribution in [0.4, 0.5) is 5.69 Å². The van der Waals surface area contributed by atoms with Gasteiger partial charge in [0, 0.05) is 12.1 Å². The van der Waals surface area contributed by atoms with Crippen LogP contribution in [0.1, 0.15) is 55.5 Å². The van der Waals surface area contributed by atoms with Gasteiger partial charge < -0.3 is 5.32 Å². The van der Waals surface area contributed by atoms with Crippen molar-refractivity contribution in [3.63, 3.8) is 0 Å². The van der Waals surface area contributed by atoms with Crippen LogP contribution in [-0.2, 0) is 16.6 Å². The fourth-order valence-electron chi connectivity index (χ4n) is 3.94. The first-order valence-corrected chi connectivity index (χ1v) is 13.5. The van der Waals surface area contributed by atoms with Crippen LogP contribution in [0.15, 0.2) is 66.7 Å². The summed E-state index contributed by atoms with van der Waals surface area (Å²) in [7, 11) is -3.49. The van der Waals surface area contributed by atoms with E-state index in [0.717, 1.165) is 35.6 Å². The summed E-state index contributed by atoms with van der Waals surface area (Å²) in [4.78, 5) is 12.6. The molecule has 3 rings (SSSR count). The number of benzene rings is 3. The molecule has 1 atom stereocenters. The molecule has 1 N–H and O–H groups in total. The lowest BCUT2D eigenvalue weighted by Gasteiger charge is -2.23. The third kappa shape index (κ3) is 6.81. The van der Waals surface area contributed by atoms with Crippen LogP contribution in [0.3, 0.4) is 0 Å². The van der Waals surface area contributed by atoms with Crippen LogP contribution in [0.2, 0.25) is 0 Å². The SMILES string of the molecule is CCCC[C@@H](CC)CNC(=O)c1ccc(CN(c2ccc3ccccc3c2)S(C)(=O)=O)cc1. The maximum absolute atomic E-state index is 12.6. The number of nitrogens with zero attached hydrogens (tertiary/aromatic N) is 1. The van der Waals surface area contributed by atoms with Gasteiger partial charge in [0.05, 0.1) is 18.5 Å². The van der Waals surface area contributed by atoms with Crippen LogP contribution >= 0.6 is 0 Å². The lowest BCUT2D eigenvalue weighted by atomic mass is 9.99. The van der Waals surface area contributed by atoms with Gasteiger partial charge in [0.2, 0.25) is 10.0 Å². The number of rotatable bonds is 11. The van der Waals surface area contributed by atoms with E-state index in [2.05, 4.69) is 19.2 Å². The van der Waals surface area contributed by atoms with Crippen molar-refractivity contribution in [1.82, 2.24) is 5.32 Å². The number of nitrogens with one attached hydrogen (secondary N) is 1. The van der Waals surface area contributed by atoms with Gasteiger partial charge in [-0.05, 0) is 52.9 Å². The van der Waals surface area contributed by atoms with Crippen LogP contribution in [0, 0.1) is 5.92 Å². The predicted octanol–water partition coefficient (Wildman–Crippen LogP) is 5.75. The van der Waals surface area contributed by atoms with Crippen molar-refractivity contribution in [2.75, 3.05) is 17.1 Å². The Labute approximate surface area is 197 Å². The van der Waals surface area contributed by atoms with E-state index >= 15 is 0 Å². The molecule has 0 heterocycles. The van der Waals surface area contributed by atoms with E-state index in [0.29, 0.717) is 23.7 Å². The number of carbonyl (C=O) groups excluding carboxylic acids is 1. The molecule has 0 aliphatic heterocycles. The van der Waals surface area contributed by atoms with Crippen LogP contribution < -0.4 is 9.62 Å². The predicted molar refractivity (Wildman–Crippen MR) is 137 cm³/mol. The number of unbranched alkanes of at least 4 members (excludes halogenated alkanes) is 1.